The Balaban J connectivity index is 2.40. The van der Waals surface area contributed by atoms with Crippen LogP contribution in [0.2, 0.25) is 0 Å². The van der Waals surface area contributed by atoms with Crippen LogP contribution in [0.5, 0.6) is 0 Å². The first-order valence-electron chi connectivity index (χ1n) is 4.50. The van der Waals surface area contributed by atoms with Gasteiger partial charge in [0.25, 0.3) is 5.95 Å². The van der Waals surface area contributed by atoms with E-state index in [1.54, 1.807) is 12.1 Å². The Kier molecular flexibility index (Phi) is 3.11. The Morgan fingerprint density at radius 1 is 1.38 bits per heavy atom. The molecule has 16 heavy (non-hydrogen) atoms. The minimum Gasteiger partial charge on any atom is -0.273 e. The van der Waals surface area contributed by atoms with Gasteiger partial charge in [0.15, 0.2) is 0 Å². The Morgan fingerprint density at radius 2 is 2.12 bits per heavy atom. The second-order valence-corrected chi connectivity index (χ2v) is 3.18. The zero-order valence-electron chi connectivity index (χ0n) is 8.17. The quantitative estimate of drug-likeness (QED) is 0.812. The molecular weight excluding hydrogens is 230 g/mol. The summed E-state index contributed by atoms with van der Waals surface area (Å²) >= 11 is 5.54. The molecule has 0 saturated heterocycles. The number of rotatable bonds is 3. The lowest BCUT2D eigenvalue weighted by molar-refractivity contribution is -0.115. The van der Waals surface area contributed by atoms with Crippen LogP contribution in [-0.4, -0.2) is 32.4 Å². The number of alkyl halides is 1. The molecule has 2 rings (SSSR count). The highest BCUT2D eigenvalue weighted by atomic mass is 35.5. The number of nitrogens with one attached hydrogen (secondary N) is 1. The second kappa shape index (κ2) is 4.71. The molecule has 0 radical (unpaired) electrons. The van der Waals surface area contributed by atoms with E-state index in [0.29, 0.717) is 5.69 Å². The SMILES string of the molecule is O=C(CCl)N(c1ccccc1)c1nn[nH]n1. The third kappa shape index (κ3) is 2.01. The minimum absolute atomic E-state index is 0.149. The van der Waals surface area contributed by atoms with Crippen LogP contribution in [0.25, 0.3) is 0 Å². The van der Waals surface area contributed by atoms with Gasteiger partial charge in [-0.25, -0.2) is 4.90 Å². The summed E-state index contributed by atoms with van der Waals surface area (Å²) in [6.45, 7) is 0. The zero-order valence-corrected chi connectivity index (χ0v) is 8.92. The fraction of sp³-hybridized carbons (Fsp3) is 0.111. The maximum atomic E-state index is 11.7. The molecule has 0 bridgehead atoms. The van der Waals surface area contributed by atoms with Crippen molar-refractivity contribution >= 4 is 29.1 Å². The second-order valence-electron chi connectivity index (χ2n) is 2.91. The molecule has 82 valence electrons. The van der Waals surface area contributed by atoms with Crippen molar-refractivity contribution in [3.63, 3.8) is 0 Å². The van der Waals surface area contributed by atoms with Crippen molar-refractivity contribution in [2.75, 3.05) is 10.8 Å². The van der Waals surface area contributed by atoms with E-state index in [4.69, 9.17) is 11.6 Å². The van der Waals surface area contributed by atoms with Crippen LogP contribution in [0.1, 0.15) is 0 Å². The molecule has 1 aromatic heterocycles. The van der Waals surface area contributed by atoms with Crippen molar-refractivity contribution in [3.8, 4) is 0 Å². The Hall–Kier alpha value is -1.95. The molecule has 1 N–H and O–H groups in total. The van der Waals surface area contributed by atoms with Crippen LogP contribution >= 0.6 is 11.6 Å². The van der Waals surface area contributed by atoms with Crippen molar-refractivity contribution in [1.82, 2.24) is 20.6 Å². The summed E-state index contributed by atoms with van der Waals surface area (Å²) < 4.78 is 0. The number of benzene rings is 1. The molecule has 1 aromatic carbocycles. The lowest BCUT2D eigenvalue weighted by atomic mass is 10.3. The first-order valence-corrected chi connectivity index (χ1v) is 5.04. The molecule has 1 heterocycles. The summed E-state index contributed by atoms with van der Waals surface area (Å²) in [5.41, 5.74) is 0.648. The normalized spacial score (nSPS) is 10.1. The number of nitrogens with zero attached hydrogens (tertiary/aromatic N) is 4. The number of carbonyl (C=O) groups is 1. The van der Waals surface area contributed by atoms with E-state index < -0.39 is 0 Å². The Bertz CT molecular complexity index is 458. The average Bonchev–Trinajstić information content (AvgIpc) is 2.84. The zero-order chi connectivity index (χ0) is 11.4. The number of hydrogen-bond acceptors (Lipinski definition) is 4. The molecule has 0 atom stereocenters. The summed E-state index contributed by atoms with van der Waals surface area (Å²) in [7, 11) is 0. The predicted molar refractivity (Wildman–Crippen MR) is 58.5 cm³/mol. The number of tetrazole rings is 1. The Morgan fingerprint density at radius 3 is 2.69 bits per heavy atom. The number of anilines is 2. The van der Waals surface area contributed by atoms with Gasteiger partial charge in [0.05, 0.1) is 5.69 Å². The highest BCUT2D eigenvalue weighted by molar-refractivity contribution is 6.30. The molecule has 0 fully saturated rings. The Labute approximate surface area is 96.2 Å². The number of H-pyrrole nitrogens is 1. The van der Waals surface area contributed by atoms with E-state index in [-0.39, 0.29) is 17.7 Å². The van der Waals surface area contributed by atoms with Crippen molar-refractivity contribution < 1.29 is 4.79 Å². The van der Waals surface area contributed by atoms with E-state index in [2.05, 4.69) is 20.6 Å². The van der Waals surface area contributed by atoms with Crippen LogP contribution in [0.15, 0.2) is 30.3 Å². The molecule has 7 heteroatoms. The monoisotopic (exact) mass is 237 g/mol. The fourth-order valence-corrected chi connectivity index (χ4v) is 1.38. The third-order valence-electron chi connectivity index (χ3n) is 1.91. The van der Waals surface area contributed by atoms with Crippen molar-refractivity contribution in [2.24, 2.45) is 0 Å². The number of aromatic nitrogens is 4. The highest BCUT2D eigenvalue weighted by Gasteiger charge is 2.20. The third-order valence-corrected chi connectivity index (χ3v) is 2.14. The first kappa shape index (κ1) is 10.6. The average molecular weight is 238 g/mol. The standard InChI is InChI=1S/C9H8ClN5O/c10-6-8(16)15(9-11-13-14-12-9)7-4-2-1-3-5-7/h1-5H,6H2,(H,11,12,13,14). The molecule has 0 aliphatic rings. The van der Waals surface area contributed by atoms with Gasteiger partial charge in [-0.15, -0.1) is 16.7 Å². The van der Waals surface area contributed by atoms with Crippen molar-refractivity contribution in [1.29, 1.82) is 0 Å². The van der Waals surface area contributed by atoms with E-state index in [1.165, 1.54) is 4.90 Å². The van der Waals surface area contributed by atoms with Gasteiger partial charge in [0, 0.05) is 0 Å². The fourth-order valence-electron chi connectivity index (χ4n) is 1.26. The topological polar surface area (TPSA) is 74.8 Å². The van der Waals surface area contributed by atoms with Crippen LogP contribution in [0.3, 0.4) is 0 Å². The van der Waals surface area contributed by atoms with Gasteiger partial charge in [0.2, 0.25) is 5.91 Å². The molecule has 0 saturated carbocycles. The summed E-state index contributed by atoms with van der Waals surface area (Å²) in [6, 6.07) is 9.00. The number of carbonyl (C=O) groups excluding carboxylic acids is 1. The van der Waals surface area contributed by atoms with Crippen LogP contribution in [0, 0.1) is 0 Å². The lowest BCUT2D eigenvalue weighted by Gasteiger charge is -2.16. The van der Waals surface area contributed by atoms with Gasteiger partial charge in [0.1, 0.15) is 5.88 Å². The van der Waals surface area contributed by atoms with Gasteiger partial charge in [-0.2, -0.15) is 5.21 Å². The molecule has 2 aromatic rings. The van der Waals surface area contributed by atoms with Crippen LogP contribution in [-0.2, 0) is 4.79 Å². The predicted octanol–water partition coefficient (Wildman–Crippen LogP) is 1.10. The van der Waals surface area contributed by atoms with Gasteiger partial charge in [-0.05, 0) is 17.3 Å². The molecular formula is C9H8ClN5O. The van der Waals surface area contributed by atoms with E-state index in [1.807, 2.05) is 18.2 Å². The maximum Gasteiger partial charge on any atom is 0.277 e. The molecule has 0 spiro atoms. The molecule has 0 aliphatic heterocycles. The van der Waals surface area contributed by atoms with E-state index in [9.17, 15) is 4.79 Å². The number of aromatic amines is 1. The first-order chi connectivity index (χ1) is 7.83. The van der Waals surface area contributed by atoms with Crippen LogP contribution < -0.4 is 4.90 Å². The summed E-state index contributed by atoms with van der Waals surface area (Å²) in [5.74, 6) is -0.283. The number of halogens is 1. The molecule has 6 nitrogen and oxygen atoms in total. The van der Waals surface area contributed by atoms with Gasteiger partial charge in [-0.1, -0.05) is 23.3 Å². The van der Waals surface area contributed by atoms with E-state index >= 15 is 0 Å². The number of amides is 1. The molecule has 0 unspecified atom stereocenters. The summed E-state index contributed by atoms with van der Waals surface area (Å²) in [4.78, 5) is 13.0. The number of para-hydroxylation sites is 1. The summed E-state index contributed by atoms with van der Waals surface area (Å²) in [6.07, 6.45) is 0. The lowest BCUT2D eigenvalue weighted by Crippen LogP contribution is -2.27. The highest BCUT2D eigenvalue weighted by Crippen LogP contribution is 2.20. The maximum absolute atomic E-state index is 11.7. The summed E-state index contributed by atoms with van der Waals surface area (Å²) in [5, 5.41) is 13.2. The largest absolute Gasteiger partial charge is 0.277 e. The minimum atomic E-state index is -0.311. The van der Waals surface area contributed by atoms with Gasteiger partial charge >= 0.3 is 0 Å². The van der Waals surface area contributed by atoms with Gasteiger partial charge in [-0.3, -0.25) is 4.79 Å². The molecule has 0 aliphatic carbocycles. The van der Waals surface area contributed by atoms with Crippen LogP contribution in [0.4, 0.5) is 11.6 Å². The van der Waals surface area contributed by atoms with Crippen molar-refractivity contribution in [2.45, 2.75) is 0 Å². The molecule has 1 amide bonds. The van der Waals surface area contributed by atoms with Gasteiger partial charge < -0.3 is 0 Å². The van der Waals surface area contributed by atoms with E-state index in [0.717, 1.165) is 0 Å². The smallest absolute Gasteiger partial charge is 0.273 e. The number of hydrogen-bond donors (Lipinski definition) is 1. The van der Waals surface area contributed by atoms with Crippen molar-refractivity contribution in [3.05, 3.63) is 30.3 Å².